The SMILES string of the molecule is [2H]c1c([2H])c([2H])c(-c2cccc(-c3cc(C(C)(C)C)cc(C(C)(C)C)c3)c2-[n+]2[c-]n(-c3[c-]c(Oc4[c-]c5c(cc4)c4ccccc4n5-c4cc(C(CC)CC)ccn4)ccc3)c3ccc(-c4ccccc4)cc32)c([2H])c1[2H].[Pt]. The van der Waals surface area contributed by atoms with Crippen LogP contribution in [0.3, 0.4) is 0 Å². The van der Waals surface area contributed by atoms with E-state index in [0.29, 0.717) is 34.4 Å². The summed E-state index contributed by atoms with van der Waals surface area (Å²) in [6.45, 7) is 17.7. The largest absolute Gasteiger partial charge is 0.510 e. The smallest absolute Gasteiger partial charge is 0.268 e. The molecule has 0 bridgehead atoms. The average Bonchev–Trinajstić information content (AvgIpc) is 4.15. The van der Waals surface area contributed by atoms with E-state index in [-0.39, 0.29) is 49.5 Å². The first-order chi connectivity index (χ1) is 36.9. The van der Waals surface area contributed by atoms with Crippen molar-refractivity contribution in [2.45, 2.75) is 85.0 Å². The van der Waals surface area contributed by atoms with Crippen molar-refractivity contribution in [1.82, 2.24) is 14.1 Å². The van der Waals surface area contributed by atoms with E-state index >= 15 is 0 Å². The van der Waals surface area contributed by atoms with E-state index in [1.165, 1.54) is 5.56 Å². The van der Waals surface area contributed by atoms with Gasteiger partial charge >= 0.3 is 0 Å². The van der Waals surface area contributed by atoms with Crippen LogP contribution >= 0.6 is 0 Å². The van der Waals surface area contributed by atoms with Gasteiger partial charge in [-0.05, 0) is 115 Å². The van der Waals surface area contributed by atoms with Crippen molar-refractivity contribution in [3.05, 3.63) is 223 Å². The quantitative estimate of drug-likeness (QED) is 0.0956. The van der Waals surface area contributed by atoms with Crippen molar-refractivity contribution in [2.75, 3.05) is 0 Å². The fraction of sp³-hybridized carbons (Fsp3) is 0.194. The fourth-order valence-electron chi connectivity index (χ4n) is 10.0. The summed E-state index contributed by atoms with van der Waals surface area (Å²) in [5.74, 6) is 2.23. The summed E-state index contributed by atoms with van der Waals surface area (Å²) in [4.78, 5) is 4.90. The van der Waals surface area contributed by atoms with Crippen molar-refractivity contribution in [1.29, 1.82) is 0 Å². The normalized spacial score (nSPS) is 12.9. The second-order valence-corrected chi connectivity index (χ2v) is 20.7. The molecule has 0 spiro atoms. The summed E-state index contributed by atoms with van der Waals surface area (Å²) in [5, 5.41) is 2.14. The maximum absolute atomic E-state index is 9.35. The van der Waals surface area contributed by atoms with E-state index in [1.54, 1.807) is 0 Å². The molecule has 73 heavy (non-hydrogen) atoms. The minimum absolute atomic E-state index is 0. The maximum atomic E-state index is 9.35. The topological polar surface area (TPSA) is 35.9 Å². The summed E-state index contributed by atoms with van der Waals surface area (Å²) in [7, 11) is 0. The molecule has 0 aliphatic carbocycles. The Morgan fingerprint density at radius 3 is 2.01 bits per heavy atom. The van der Waals surface area contributed by atoms with E-state index in [9.17, 15) is 2.74 Å². The number of hydrogen-bond acceptors (Lipinski definition) is 2. The van der Waals surface area contributed by atoms with Gasteiger partial charge in [0.1, 0.15) is 5.82 Å². The summed E-state index contributed by atoms with van der Waals surface area (Å²) in [5.41, 5.74) is 12.1. The average molecular weight is 1140 g/mol. The van der Waals surface area contributed by atoms with Crippen LogP contribution in [-0.4, -0.2) is 14.1 Å². The Morgan fingerprint density at radius 1 is 0.603 bits per heavy atom. The van der Waals surface area contributed by atoms with Crippen LogP contribution in [0.4, 0.5) is 0 Å². The molecule has 366 valence electrons. The molecule has 11 rings (SSSR count). The number of imidazole rings is 1. The first-order valence-electron chi connectivity index (χ1n) is 27.5. The summed E-state index contributed by atoms with van der Waals surface area (Å²) in [6, 6.07) is 56.9. The van der Waals surface area contributed by atoms with Gasteiger partial charge in [-0.2, -0.15) is 18.2 Å². The van der Waals surface area contributed by atoms with Crippen LogP contribution < -0.4 is 9.30 Å². The number of ether oxygens (including phenoxy) is 1. The van der Waals surface area contributed by atoms with Gasteiger partial charge in [-0.3, -0.25) is 4.57 Å². The molecule has 0 aliphatic heterocycles. The van der Waals surface area contributed by atoms with Crippen molar-refractivity contribution < 1.29 is 37.2 Å². The first-order valence-corrected chi connectivity index (χ1v) is 25.0. The number of rotatable bonds is 11. The predicted octanol–water partition coefficient (Wildman–Crippen LogP) is 17.1. The Bertz CT molecular complexity index is 4030. The third kappa shape index (κ3) is 9.48. The number of para-hydroxylation sites is 2. The Balaban J connectivity index is 0.00000688. The van der Waals surface area contributed by atoms with Crippen LogP contribution in [0.25, 0.3) is 83.4 Å². The molecule has 0 unspecified atom stereocenters. The number of aromatic nitrogens is 4. The van der Waals surface area contributed by atoms with Crippen LogP contribution in [0, 0.1) is 18.5 Å². The van der Waals surface area contributed by atoms with Gasteiger partial charge in [0.15, 0.2) is 0 Å². The zero-order chi connectivity index (χ0) is 54.1. The summed E-state index contributed by atoms with van der Waals surface area (Å²) < 4.78 is 57.8. The van der Waals surface area contributed by atoms with Crippen molar-refractivity contribution in [3.63, 3.8) is 0 Å². The van der Waals surface area contributed by atoms with E-state index < -0.39 is 18.1 Å². The Labute approximate surface area is 452 Å². The van der Waals surface area contributed by atoms with Gasteiger partial charge in [-0.15, -0.1) is 29.7 Å². The Kier molecular flexibility index (Phi) is 11.8. The molecule has 0 radical (unpaired) electrons. The zero-order valence-corrected chi connectivity index (χ0v) is 44.8. The summed E-state index contributed by atoms with van der Waals surface area (Å²) >= 11 is 0. The number of nitrogens with zero attached hydrogens (tertiary/aromatic N) is 4. The Morgan fingerprint density at radius 2 is 1.29 bits per heavy atom. The monoisotopic (exact) mass is 1140 g/mol. The third-order valence-electron chi connectivity index (χ3n) is 14.0. The molecule has 0 amide bonds. The van der Waals surface area contributed by atoms with E-state index in [1.807, 2.05) is 69.9 Å². The van der Waals surface area contributed by atoms with Gasteiger partial charge in [0.25, 0.3) is 6.33 Å². The van der Waals surface area contributed by atoms with Crippen molar-refractivity contribution >= 4 is 32.8 Å². The van der Waals surface area contributed by atoms with E-state index in [2.05, 4.69) is 175 Å². The molecule has 0 atom stereocenters. The minimum Gasteiger partial charge on any atom is -0.510 e. The number of pyridine rings is 1. The fourth-order valence-corrected chi connectivity index (χ4v) is 10.0. The van der Waals surface area contributed by atoms with Crippen LogP contribution in [0.1, 0.15) is 97.7 Å². The minimum atomic E-state index is -0.450. The second-order valence-electron chi connectivity index (χ2n) is 20.7. The molecule has 8 aromatic carbocycles. The van der Waals surface area contributed by atoms with Gasteiger partial charge in [0, 0.05) is 44.3 Å². The van der Waals surface area contributed by atoms with Crippen molar-refractivity contribution in [2.24, 2.45) is 0 Å². The van der Waals surface area contributed by atoms with E-state index in [0.717, 1.165) is 84.9 Å². The molecule has 6 heteroatoms. The van der Waals surface area contributed by atoms with Crippen LogP contribution in [0.2, 0.25) is 0 Å². The molecule has 0 fully saturated rings. The van der Waals surface area contributed by atoms with Gasteiger partial charge in [-0.25, -0.2) is 4.98 Å². The van der Waals surface area contributed by atoms with Gasteiger partial charge in [-0.1, -0.05) is 188 Å². The molecule has 0 saturated carbocycles. The predicted molar refractivity (Wildman–Crippen MR) is 297 cm³/mol. The van der Waals surface area contributed by atoms with Crippen molar-refractivity contribution in [3.8, 4) is 62.1 Å². The van der Waals surface area contributed by atoms with Gasteiger partial charge < -0.3 is 13.9 Å². The molecule has 0 N–H and O–H groups in total. The van der Waals surface area contributed by atoms with Gasteiger partial charge in [0.2, 0.25) is 0 Å². The molecule has 11 aromatic rings. The number of hydrogen-bond donors (Lipinski definition) is 0. The van der Waals surface area contributed by atoms with Crippen LogP contribution in [0.5, 0.6) is 11.5 Å². The van der Waals surface area contributed by atoms with Crippen LogP contribution in [-0.2, 0) is 31.9 Å². The molecule has 0 saturated heterocycles. The van der Waals surface area contributed by atoms with E-state index in [4.69, 9.17) is 13.8 Å². The molecular weight excluding hydrogens is 1070 g/mol. The second kappa shape index (κ2) is 19.9. The standard InChI is InChI=1S/C67H60N4O.Pt/c1-9-45(10-2)49-35-36-68-64(40-49)71-60-30-18-17-27-58(60)59-33-32-55(43-62(59)71)72-54-26-19-25-53(42-54)69-44-70(63-39-48(31-34-61(63)69)46-21-13-11-14-22-46)65-56(47-23-15-12-16-24-47)28-20-29-57(65)50-37-51(66(3,4)5)41-52(38-50)67(6,7)8;/h11-41,45H,9-10H2,1-8H3;/q-2;/i12D,15D,16D,23D,24D;. The number of benzene rings is 8. The van der Waals surface area contributed by atoms with Gasteiger partial charge in [0.05, 0.1) is 23.6 Å². The Hall–Kier alpha value is -7.33. The number of fused-ring (bicyclic) bond motifs is 4. The third-order valence-corrected chi connectivity index (χ3v) is 14.0. The molecule has 0 aliphatic rings. The molecule has 3 aromatic heterocycles. The summed E-state index contributed by atoms with van der Waals surface area (Å²) in [6.07, 6.45) is 7.73. The molecule has 3 heterocycles. The maximum Gasteiger partial charge on any atom is 0.268 e. The van der Waals surface area contributed by atoms with Crippen LogP contribution in [0.15, 0.2) is 188 Å². The zero-order valence-electron chi connectivity index (χ0n) is 47.5. The first kappa shape index (κ1) is 43.3. The molecular formula is C67H60N4OPt-2. The molecule has 5 nitrogen and oxygen atoms in total.